The molecule has 4 heteroatoms. The minimum atomic E-state index is -0.104. The lowest BCUT2D eigenvalue weighted by Gasteiger charge is -2.06. The van der Waals surface area contributed by atoms with Crippen molar-refractivity contribution >= 4 is 0 Å². The molecule has 1 heterocycles. The van der Waals surface area contributed by atoms with Crippen LogP contribution in [0.25, 0.3) is 0 Å². The van der Waals surface area contributed by atoms with Gasteiger partial charge in [0.2, 0.25) is 5.88 Å². The van der Waals surface area contributed by atoms with E-state index in [0.717, 1.165) is 0 Å². The lowest BCUT2D eigenvalue weighted by atomic mass is 10.3. The number of nitrogens with zero attached hydrogens (tertiary/aromatic N) is 1. The van der Waals surface area contributed by atoms with Gasteiger partial charge < -0.3 is 14.6 Å². The third kappa shape index (κ3) is 1.65. The summed E-state index contributed by atoms with van der Waals surface area (Å²) in [6, 6.07) is 1.69. The van der Waals surface area contributed by atoms with Crippen LogP contribution in [0.5, 0.6) is 11.6 Å². The molecule has 1 aromatic heterocycles. The van der Waals surface area contributed by atoms with Crippen LogP contribution in [0.2, 0.25) is 0 Å². The van der Waals surface area contributed by atoms with Crippen molar-refractivity contribution in [3.05, 3.63) is 17.8 Å². The predicted octanol–water partition coefficient (Wildman–Crippen LogP) is 0.591. The number of pyridine rings is 1. The number of ether oxygens (including phenoxy) is 2. The van der Waals surface area contributed by atoms with E-state index in [1.165, 1.54) is 13.3 Å². The Bertz CT molecular complexity index is 262. The number of aliphatic hydroxyl groups excluding tert-OH is 1. The second-order valence-electron chi connectivity index (χ2n) is 2.20. The molecule has 0 aromatic carbocycles. The van der Waals surface area contributed by atoms with E-state index < -0.39 is 0 Å². The van der Waals surface area contributed by atoms with Gasteiger partial charge in [-0.3, -0.25) is 0 Å². The summed E-state index contributed by atoms with van der Waals surface area (Å²) in [5.74, 6) is 1.04. The standard InChI is InChI=1S/C8H11NO3/c1-11-7-3-6(5-10)8(12-2)9-4-7/h3-4,10H,5H2,1-2H3. The van der Waals surface area contributed by atoms with Crippen molar-refractivity contribution in [3.63, 3.8) is 0 Å². The predicted molar refractivity (Wildman–Crippen MR) is 43.3 cm³/mol. The first-order valence-electron chi connectivity index (χ1n) is 3.49. The van der Waals surface area contributed by atoms with Gasteiger partial charge in [-0.05, 0) is 6.07 Å². The molecule has 1 aromatic rings. The highest BCUT2D eigenvalue weighted by molar-refractivity contribution is 5.32. The van der Waals surface area contributed by atoms with Crippen LogP contribution in [0.1, 0.15) is 5.56 Å². The number of rotatable bonds is 3. The molecule has 0 bridgehead atoms. The summed E-state index contributed by atoms with van der Waals surface area (Å²) in [6.45, 7) is -0.104. The fraction of sp³-hybridized carbons (Fsp3) is 0.375. The summed E-state index contributed by atoms with van der Waals surface area (Å²) in [7, 11) is 3.05. The zero-order chi connectivity index (χ0) is 8.97. The molecule has 4 nitrogen and oxygen atoms in total. The lowest BCUT2D eigenvalue weighted by Crippen LogP contribution is -1.96. The largest absolute Gasteiger partial charge is 0.495 e. The highest BCUT2D eigenvalue weighted by Crippen LogP contribution is 2.19. The monoisotopic (exact) mass is 169 g/mol. The first-order chi connectivity index (χ1) is 5.81. The molecule has 0 radical (unpaired) electrons. The Kier molecular flexibility index (Phi) is 2.88. The summed E-state index contributed by atoms with van der Waals surface area (Å²) >= 11 is 0. The van der Waals surface area contributed by atoms with Crippen molar-refractivity contribution in [2.24, 2.45) is 0 Å². The van der Waals surface area contributed by atoms with E-state index in [0.29, 0.717) is 17.2 Å². The smallest absolute Gasteiger partial charge is 0.218 e. The summed E-state index contributed by atoms with van der Waals surface area (Å²) in [6.07, 6.45) is 1.54. The fourth-order valence-electron chi connectivity index (χ4n) is 0.885. The molecule has 12 heavy (non-hydrogen) atoms. The van der Waals surface area contributed by atoms with Crippen molar-refractivity contribution < 1.29 is 14.6 Å². The number of hydrogen-bond donors (Lipinski definition) is 1. The van der Waals surface area contributed by atoms with Crippen molar-refractivity contribution in [3.8, 4) is 11.6 Å². The number of aliphatic hydroxyl groups is 1. The van der Waals surface area contributed by atoms with Gasteiger partial charge in [-0.25, -0.2) is 4.98 Å². The molecule has 0 saturated heterocycles. The average Bonchev–Trinajstić information content (AvgIpc) is 2.16. The Labute approximate surface area is 70.8 Å². The lowest BCUT2D eigenvalue weighted by molar-refractivity contribution is 0.270. The van der Waals surface area contributed by atoms with Gasteiger partial charge in [0.1, 0.15) is 5.75 Å². The van der Waals surface area contributed by atoms with Gasteiger partial charge >= 0.3 is 0 Å². The number of hydrogen-bond acceptors (Lipinski definition) is 4. The topological polar surface area (TPSA) is 51.6 Å². The van der Waals surface area contributed by atoms with Crippen molar-refractivity contribution in [2.75, 3.05) is 14.2 Å². The zero-order valence-corrected chi connectivity index (χ0v) is 7.07. The Morgan fingerprint density at radius 1 is 1.42 bits per heavy atom. The maximum Gasteiger partial charge on any atom is 0.218 e. The number of methoxy groups -OCH3 is 2. The summed E-state index contributed by atoms with van der Waals surface area (Å²) in [5.41, 5.74) is 0.622. The minimum Gasteiger partial charge on any atom is -0.495 e. The zero-order valence-electron chi connectivity index (χ0n) is 7.07. The Hall–Kier alpha value is -1.29. The maximum absolute atomic E-state index is 8.89. The first kappa shape index (κ1) is 8.80. The van der Waals surface area contributed by atoms with E-state index in [1.54, 1.807) is 13.2 Å². The fourth-order valence-corrected chi connectivity index (χ4v) is 0.885. The second-order valence-corrected chi connectivity index (χ2v) is 2.20. The molecule has 0 aliphatic carbocycles. The van der Waals surface area contributed by atoms with Gasteiger partial charge in [-0.1, -0.05) is 0 Å². The van der Waals surface area contributed by atoms with Crippen LogP contribution in [0.4, 0.5) is 0 Å². The summed E-state index contributed by atoms with van der Waals surface area (Å²) in [5, 5.41) is 8.89. The molecule has 0 aliphatic heterocycles. The SMILES string of the molecule is COc1cnc(OC)c(CO)c1. The van der Waals surface area contributed by atoms with Crippen LogP contribution >= 0.6 is 0 Å². The molecule has 66 valence electrons. The van der Waals surface area contributed by atoms with Crippen LogP contribution in [0, 0.1) is 0 Å². The maximum atomic E-state index is 8.89. The Balaban J connectivity index is 3.02. The highest BCUT2D eigenvalue weighted by Gasteiger charge is 2.04. The highest BCUT2D eigenvalue weighted by atomic mass is 16.5. The van der Waals surface area contributed by atoms with Crippen molar-refractivity contribution in [1.29, 1.82) is 0 Å². The number of aromatic nitrogens is 1. The van der Waals surface area contributed by atoms with Crippen LogP contribution < -0.4 is 9.47 Å². The van der Waals surface area contributed by atoms with Crippen LogP contribution in [-0.4, -0.2) is 24.3 Å². The van der Waals surface area contributed by atoms with Crippen LogP contribution in [0.3, 0.4) is 0 Å². The van der Waals surface area contributed by atoms with Crippen molar-refractivity contribution in [2.45, 2.75) is 6.61 Å². The second kappa shape index (κ2) is 3.92. The van der Waals surface area contributed by atoms with E-state index in [9.17, 15) is 0 Å². The molecule has 0 fully saturated rings. The molecule has 0 atom stereocenters. The molecule has 1 N–H and O–H groups in total. The quantitative estimate of drug-likeness (QED) is 0.719. The molecule has 1 rings (SSSR count). The molecule has 0 aliphatic rings. The van der Waals surface area contributed by atoms with Gasteiger partial charge in [-0.2, -0.15) is 0 Å². The van der Waals surface area contributed by atoms with Gasteiger partial charge in [0.05, 0.1) is 27.0 Å². The van der Waals surface area contributed by atoms with Gasteiger partial charge in [0.15, 0.2) is 0 Å². The van der Waals surface area contributed by atoms with E-state index in [2.05, 4.69) is 4.98 Å². The average molecular weight is 169 g/mol. The summed E-state index contributed by atoms with van der Waals surface area (Å²) < 4.78 is 9.84. The molecule has 0 spiro atoms. The van der Waals surface area contributed by atoms with E-state index >= 15 is 0 Å². The molecule has 0 amide bonds. The van der Waals surface area contributed by atoms with E-state index in [4.69, 9.17) is 14.6 Å². The Morgan fingerprint density at radius 3 is 2.67 bits per heavy atom. The first-order valence-corrected chi connectivity index (χ1v) is 3.49. The Morgan fingerprint density at radius 2 is 2.17 bits per heavy atom. The summed E-state index contributed by atoms with van der Waals surface area (Å²) in [4.78, 5) is 3.93. The van der Waals surface area contributed by atoms with Crippen molar-refractivity contribution in [1.82, 2.24) is 4.98 Å². The van der Waals surface area contributed by atoms with E-state index in [1.807, 2.05) is 0 Å². The molecular weight excluding hydrogens is 158 g/mol. The van der Waals surface area contributed by atoms with Gasteiger partial charge in [-0.15, -0.1) is 0 Å². The third-order valence-electron chi connectivity index (χ3n) is 1.50. The van der Waals surface area contributed by atoms with Crippen LogP contribution in [-0.2, 0) is 6.61 Å². The van der Waals surface area contributed by atoms with E-state index in [-0.39, 0.29) is 6.61 Å². The normalized spacial score (nSPS) is 9.58. The molecule has 0 saturated carbocycles. The molecular formula is C8H11NO3. The third-order valence-corrected chi connectivity index (χ3v) is 1.50. The molecule has 0 unspecified atom stereocenters. The van der Waals surface area contributed by atoms with Crippen LogP contribution in [0.15, 0.2) is 12.3 Å². The van der Waals surface area contributed by atoms with Gasteiger partial charge in [0, 0.05) is 5.56 Å². The van der Waals surface area contributed by atoms with Gasteiger partial charge in [0.25, 0.3) is 0 Å². The minimum absolute atomic E-state index is 0.104.